The fraction of sp³-hybridized carbons (Fsp3) is 0.200. The van der Waals surface area contributed by atoms with E-state index in [9.17, 15) is 9.50 Å². The number of hydrogen-bond acceptors (Lipinski definition) is 2. The zero-order chi connectivity index (χ0) is 9.84. The first-order valence-corrected chi connectivity index (χ1v) is 3.83. The molecule has 0 radical (unpaired) electrons. The summed E-state index contributed by atoms with van der Waals surface area (Å²) in [5.74, 6) is -0.0655. The van der Waals surface area contributed by atoms with E-state index in [0.717, 1.165) is 0 Å². The van der Waals surface area contributed by atoms with Crippen molar-refractivity contribution in [3.63, 3.8) is 0 Å². The summed E-state index contributed by atoms with van der Waals surface area (Å²) in [6.45, 7) is 3.44. The Bertz CT molecular complexity index is 310. The Balaban J connectivity index is 3.12. The Hall–Kier alpha value is -1.35. The van der Waals surface area contributed by atoms with Crippen LogP contribution < -0.4 is 4.74 Å². The van der Waals surface area contributed by atoms with Gasteiger partial charge in [-0.2, -0.15) is 0 Å². The molecule has 0 aliphatic carbocycles. The van der Waals surface area contributed by atoms with Crippen molar-refractivity contribution in [2.75, 3.05) is 7.11 Å². The topological polar surface area (TPSA) is 29.5 Å². The highest BCUT2D eigenvalue weighted by atomic mass is 19.1. The van der Waals surface area contributed by atoms with Crippen molar-refractivity contribution < 1.29 is 14.2 Å². The highest BCUT2D eigenvalue weighted by molar-refractivity contribution is 5.37. The Kier molecular flexibility index (Phi) is 3.03. The van der Waals surface area contributed by atoms with E-state index in [0.29, 0.717) is 11.3 Å². The second-order valence-electron chi connectivity index (χ2n) is 2.57. The molecule has 0 aromatic heterocycles. The van der Waals surface area contributed by atoms with E-state index in [1.165, 1.54) is 31.4 Å². The molecule has 0 fully saturated rings. The van der Waals surface area contributed by atoms with Crippen molar-refractivity contribution in [2.45, 2.75) is 6.10 Å². The largest absolute Gasteiger partial charge is 0.496 e. The van der Waals surface area contributed by atoms with E-state index in [4.69, 9.17) is 4.74 Å². The van der Waals surface area contributed by atoms with Gasteiger partial charge in [0.25, 0.3) is 0 Å². The van der Waals surface area contributed by atoms with Crippen LogP contribution in [0.3, 0.4) is 0 Å². The molecule has 1 aromatic carbocycles. The summed E-state index contributed by atoms with van der Waals surface area (Å²) in [5, 5.41) is 9.41. The van der Waals surface area contributed by atoms with Crippen molar-refractivity contribution >= 4 is 0 Å². The highest BCUT2D eigenvalue weighted by Gasteiger charge is 2.10. The zero-order valence-corrected chi connectivity index (χ0v) is 7.33. The van der Waals surface area contributed by atoms with E-state index in [1.807, 2.05) is 0 Å². The minimum absolute atomic E-state index is 0.326. The summed E-state index contributed by atoms with van der Waals surface area (Å²) in [5.41, 5.74) is 0.513. The lowest BCUT2D eigenvalue weighted by molar-refractivity contribution is 0.223. The first-order valence-electron chi connectivity index (χ1n) is 3.83. The maximum atomic E-state index is 12.7. The van der Waals surface area contributed by atoms with Crippen LogP contribution in [0.25, 0.3) is 0 Å². The van der Waals surface area contributed by atoms with Gasteiger partial charge >= 0.3 is 0 Å². The van der Waals surface area contributed by atoms with Crippen molar-refractivity contribution in [1.82, 2.24) is 0 Å². The number of rotatable bonds is 3. The molecule has 2 nitrogen and oxygen atoms in total. The third kappa shape index (κ3) is 2.06. The number of ether oxygens (including phenoxy) is 1. The summed E-state index contributed by atoms with van der Waals surface area (Å²) >= 11 is 0. The number of aliphatic hydroxyl groups is 1. The van der Waals surface area contributed by atoms with Gasteiger partial charge in [0.1, 0.15) is 17.7 Å². The number of hydrogen-bond donors (Lipinski definition) is 1. The normalized spacial score (nSPS) is 12.2. The first-order chi connectivity index (χ1) is 6.19. The molecule has 0 saturated carbocycles. The van der Waals surface area contributed by atoms with Crippen LogP contribution >= 0.6 is 0 Å². The molecule has 1 unspecified atom stereocenters. The molecule has 0 amide bonds. The quantitative estimate of drug-likeness (QED) is 0.725. The van der Waals surface area contributed by atoms with Crippen LogP contribution in [-0.2, 0) is 0 Å². The van der Waals surface area contributed by atoms with E-state index in [2.05, 4.69) is 6.58 Å². The van der Waals surface area contributed by atoms with Crippen LogP contribution in [0.15, 0.2) is 30.9 Å². The third-order valence-electron chi connectivity index (χ3n) is 1.74. The number of methoxy groups -OCH3 is 1. The van der Waals surface area contributed by atoms with Crippen molar-refractivity contribution in [3.05, 3.63) is 42.2 Å². The molecular weight excluding hydrogens is 171 g/mol. The molecule has 0 aliphatic rings. The monoisotopic (exact) mass is 182 g/mol. The van der Waals surface area contributed by atoms with Crippen LogP contribution in [0.2, 0.25) is 0 Å². The van der Waals surface area contributed by atoms with Gasteiger partial charge in [0.15, 0.2) is 0 Å². The third-order valence-corrected chi connectivity index (χ3v) is 1.74. The first kappa shape index (κ1) is 9.74. The zero-order valence-electron chi connectivity index (χ0n) is 7.33. The van der Waals surface area contributed by atoms with E-state index in [1.54, 1.807) is 0 Å². The number of aliphatic hydroxyl groups excluding tert-OH is 1. The molecule has 0 bridgehead atoms. The van der Waals surface area contributed by atoms with Crippen LogP contribution in [0.4, 0.5) is 4.39 Å². The van der Waals surface area contributed by atoms with Gasteiger partial charge in [0.05, 0.1) is 7.11 Å². The molecule has 0 heterocycles. The van der Waals surface area contributed by atoms with Gasteiger partial charge in [-0.05, 0) is 12.1 Å². The molecule has 0 spiro atoms. The van der Waals surface area contributed by atoms with Gasteiger partial charge in [-0.25, -0.2) is 4.39 Å². The van der Waals surface area contributed by atoms with Gasteiger partial charge < -0.3 is 9.84 Å². The summed E-state index contributed by atoms with van der Waals surface area (Å²) in [7, 11) is 1.42. The smallest absolute Gasteiger partial charge is 0.127 e. The van der Waals surface area contributed by atoms with Crippen molar-refractivity contribution in [3.8, 4) is 5.75 Å². The number of halogens is 1. The minimum Gasteiger partial charge on any atom is -0.496 e. The molecule has 0 saturated heterocycles. The van der Waals surface area contributed by atoms with E-state index < -0.39 is 11.9 Å². The summed E-state index contributed by atoms with van der Waals surface area (Å²) in [6.07, 6.45) is 0.533. The maximum absolute atomic E-state index is 12.7. The summed E-state index contributed by atoms with van der Waals surface area (Å²) in [6, 6.07) is 3.97. The van der Waals surface area contributed by atoms with Crippen LogP contribution in [0, 0.1) is 5.82 Å². The molecule has 70 valence electrons. The van der Waals surface area contributed by atoms with Crippen LogP contribution in [0.1, 0.15) is 11.7 Å². The molecular formula is C10H11FO2. The highest BCUT2D eigenvalue weighted by Crippen LogP contribution is 2.26. The lowest BCUT2D eigenvalue weighted by Crippen LogP contribution is -1.97. The van der Waals surface area contributed by atoms with Crippen molar-refractivity contribution in [2.24, 2.45) is 0 Å². The SMILES string of the molecule is C=CC(O)c1ccc(F)cc1OC. The predicted molar refractivity (Wildman–Crippen MR) is 48.1 cm³/mol. The Morgan fingerprint density at radius 3 is 2.85 bits per heavy atom. The molecule has 1 N–H and O–H groups in total. The Morgan fingerprint density at radius 2 is 2.31 bits per heavy atom. The van der Waals surface area contributed by atoms with Gasteiger partial charge in [0, 0.05) is 11.6 Å². The van der Waals surface area contributed by atoms with Gasteiger partial charge in [0.2, 0.25) is 0 Å². The predicted octanol–water partition coefficient (Wildman–Crippen LogP) is 2.05. The second kappa shape index (κ2) is 4.05. The van der Waals surface area contributed by atoms with Gasteiger partial charge in [-0.15, -0.1) is 6.58 Å². The lowest BCUT2D eigenvalue weighted by Gasteiger charge is -2.10. The van der Waals surface area contributed by atoms with E-state index in [-0.39, 0.29) is 0 Å². The molecule has 1 aromatic rings. The molecule has 1 rings (SSSR count). The lowest BCUT2D eigenvalue weighted by atomic mass is 10.1. The second-order valence-corrected chi connectivity index (χ2v) is 2.57. The van der Waals surface area contributed by atoms with Crippen molar-refractivity contribution in [1.29, 1.82) is 0 Å². The molecule has 13 heavy (non-hydrogen) atoms. The standard InChI is InChI=1S/C10H11FO2/c1-3-9(12)8-5-4-7(11)6-10(8)13-2/h3-6,9,12H,1H2,2H3. The van der Waals surface area contributed by atoms with Crippen LogP contribution in [0.5, 0.6) is 5.75 Å². The Labute approximate surface area is 76.3 Å². The molecule has 0 aliphatic heterocycles. The average molecular weight is 182 g/mol. The average Bonchev–Trinajstić information content (AvgIpc) is 2.16. The van der Waals surface area contributed by atoms with Crippen LogP contribution in [-0.4, -0.2) is 12.2 Å². The molecule has 1 atom stereocenters. The molecule has 3 heteroatoms. The fourth-order valence-corrected chi connectivity index (χ4v) is 1.06. The summed E-state index contributed by atoms with van der Waals surface area (Å²) in [4.78, 5) is 0. The Morgan fingerprint density at radius 1 is 1.62 bits per heavy atom. The minimum atomic E-state index is -0.824. The van der Waals surface area contributed by atoms with Gasteiger partial charge in [-0.1, -0.05) is 6.08 Å². The fourth-order valence-electron chi connectivity index (χ4n) is 1.06. The van der Waals surface area contributed by atoms with Gasteiger partial charge in [-0.3, -0.25) is 0 Å². The number of benzene rings is 1. The summed E-state index contributed by atoms with van der Waals surface area (Å²) < 4.78 is 17.6. The maximum Gasteiger partial charge on any atom is 0.127 e. The van der Waals surface area contributed by atoms with E-state index >= 15 is 0 Å².